The molecule has 0 fully saturated rings. The number of H-pyrrole nitrogens is 1. The Morgan fingerprint density at radius 1 is 1.44 bits per heavy atom. The number of nitrogens with one attached hydrogen (secondary N) is 1. The third-order valence-electron chi connectivity index (χ3n) is 2.83. The van der Waals surface area contributed by atoms with Crippen molar-refractivity contribution >= 4 is 34.7 Å². The maximum Gasteiger partial charge on any atom is 0.179 e. The SMILES string of the molecule is Cc1ccc2[nH]c(=S)n(CCc3cscn3)c2n1. The van der Waals surface area contributed by atoms with E-state index in [-0.39, 0.29) is 0 Å². The predicted molar refractivity (Wildman–Crippen MR) is 75.5 cm³/mol. The zero-order valence-corrected chi connectivity index (χ0v) is 11.5. The summed E-state index contributed by atoms with van der Waals surface area (Å²) in [5, 5.41) is 2.07. The Labute approximate surface area is 113 Å². The summed E-state index contributed by atoms with van der Waals surface area (Å²) in [5.41, 5.74) is 5.87. The second-order valence-electron chi connectivity index (χ2n) is 4.14. The Hall–Kier alpha value is -1.53. The number of aryl methyl sites for hydroxylation is 3. The summed E-state index contributed by atoms with van der Waals surface area (Å²) in [6.07, 6.45) is 0.875. The van der Waals surface area contributed by atoms with E-state index >= 15 is 0 Å². The maximum absolute atomic E-state index is 5.34. The van der Waals surface area contributed by atoms with Crippen LogP contribution in [0.4, 0.5) is 0 Å². The average molecular weight is 276 g/mol. The molecule has 0 unspecified atom stereocenters. The molecule has 3 aromatic rings. The summed E-state index contributed by atoms with van der Waals surface area (Å²) in [7, 11) is 0. The third kappa shape index (κ3) is 2.09. The first-order valence-corrected chi connectivity index (χ1v) is 7.02. The molecule has 3 heterocycles. The highest BCUT2D eigenvalue weighted by molar-refractivity contribution is 7.71. The van der Waals surface area contributed by atoms with Crippen LogP contribution in [0.15, 0.2) is 23.0 Å². The first kappa shape index (κ1) is 11.6. The molecule has 0 amide bonds. The monoisotopic (exact) mass is 276 g/mol. The summed E-state index contributed by atoms with van der Waals surface area (Å²) in [6, 6.07) is 4.01. The van der Waals surface area contributed by atoms with Crippen molar-refractivity contribution in [1.29, 1.82) is 0 Å². The van der Waals surface area contributed by atoms with Crippen molar-refractivity contribution in [2.24, 2.45) is 0 Å². The van der Waals surface area contributed by atoms with Crippen LogP contribution in [0.3, 0.4) is 0 Å². The van der Waals surface area contributed by atoms with Gasteiger partial charge in [0.05, 0.1) is 16.7 Å². The normalized spacial score (nSPS) is 11.2. The van der Waals surface area contributed by atoms with E-state index in [1.807, 2.05) is 29.1 Å². The van der Waals surface area contributed by atoms with E-state index in [9.17, 15) is 0 Å². The van der Waals surface area contributed by atoms with Gasteiger partial charge in [-0.25, -0.2) is 9.97 Å². The molecule has 0 saturated carbocycles. The Morgan fingerprint density at radius 3 is 3.11 bits per heavy atom. The van der Waals surface area contributed by atoms with Crippen LogP contribution in [0.25, 0.3) is 11.2 Å². The number of pyridine rings is 1. The number of imidazole rings is 1. The summed E-state index contributed by atoms with van der Waals surface area (Å²) in [6.45, 7) is 2.79. The summed E-state index contributed by atoms with van der Waals surface area (Å²) >= 11 is 6.96. The number of fused-ring (bicyclic) bond motifs is 1. The van der Waals surface area contributed by atoms with Crippen LogP contribution in [0.2, 0.25) is 0 Å². The minimum Gasteiger partial charge on any atom is -0.329 e. The lowest BCUT2D eigenvalue weighted by atomic mass is 10.3. The number of hydrogen-bond acceptors (Lipinski definition) is 4. The van der Waals surface area contributed by atoms with Gasteiger partial charge in [-0.15, -0.1) is 11.3 Å². The molecule has 3 rings (SSSR count). The lowest BCUT2D eigenvalue weighted by molar-refractivity contribution is 0.691. The molecule has 0 spiro atoms. The molecule has 0 saturated heterocycles. The smallest absolute Gasteiger partial charge is 0.179 e. The van der Waals surface area contributed by atoms with Crippen molar-refractivity contribution < 1.29 is 0 Å². The molecular formula is C12H12N4S2. The van der Waals surface area contributed by atoms with E-state index < -0.39 is 0 Å². The van der Waals surface area contributed by atoms with Gasteiger partial charge < -0.3 is 9.55 Å². The molecule has 6 heteroatoms. The third-order valence-corrected chi connectivity index (χ3v) is 3.79. The fraction of sp³-hybridized carbons (Fsp3) is 0.250. The number of rotatable bonds is 3. The van der Waals surface area contributed by atoms with Gasteiger partial charge in [-0.2, -0.15) is 0 Å². The minimum atomic E-state index is 0.721. The van der Waals surface area contributed by atoms with Crippen molar-refractivity contribution in [2.45, 2.75) is 19.9 Å². The van der Waals surface area contributed by atoms with Crippen LogP contribution in [-0.2, 0) is 13.0 Å². The molecule has 0 aliphatic rings. The van der Waals surface area contributed by atoms with Crippen LogP contribution < -0.4 is 0 Å². The van der Waals surface area contributed by atoms with Gasteiger partial charge in [0, 0.05) is 24.0 Å². The Morgan fingerprint density at radius 2 is 2.33 bits per heavy atom. The summed E-state index contributed by atoms with van der Waals surface area (Å²) in [5.74, 6) is 0. The zero-order chi connectivity index (χ0) is 12.5. The van der Waals surface area contributed by atoms with E-state index in [0.717, 1.165) is 40.3 Å². The number of thiazole rings is 1. The first-order valence-electron chi connectivity index (χ1n) is 5.67. The standard InChI is InChI=1S/C12H12N4S2/c1-8-2-3-10-11(14-8)16(12(17)15-10)5-4-9-6-18-7-13-9/h2-3,6-7H,4-5H2,1H3,(H,15,17). The highest BCUT2D eigenvalue weighted by Gasteiger charge is 2.06. The van der Waals surface area contributed by atoms with Crippen LogP contribution in [0, 0.1) is 11.7 Å². The van der Waals surface area contributed by atoms with Crippen molar-refractivity contribution in [2.75, 3.05) is 0 Å². The molecule has 1 N–H and O–H groups in total. The van der Waals surface area contributed by atoms with Gasteiger partial charge in [0.25, 0.3) is 0 Å². The Kier molecular flexibility index (Phi) is 2.97. The molecule has 92 valence electrons. The second kappa shape index (κ2) is 4.62. The highest BCUT2D eigenvalue weighted by atomic mass is 32.1. The van der Waals surface area contributed by atoms with E-state index in [2.05, 4.69) is 20.3 Å². The van der Waals surface area contributed by atoms with E-state index in [1.165, 1.54) is 0 Å². The molecule has 0 aliphatic heterocycles. The number of nitrogens with zero attached hydrogens (tertiary/aromatic N) is 3. The number of hydrogen-bond donors (Lipinski definition) is 1. The predicted octanol–water partition coefficient (Wildman–Crippen LogP) is 3.10. The van der Waals surface area contributed by atoms with Gasteiger partial charge in [-0.05, 0) is 31.3 Å². The van der Waals surface area contributed by atoms with Gasteiger partial charge in [0.1, 0.15) is 0 Å². The minimum absolute atomic E-state index is 0.721. The molecular weight excluding hydrogens is 264 g/mol. The van der Waals surface area contributed by atoms with E-state index in [4.69, 9.17) is 12.2 Å². The summed E-state index contributed by atoms with van der Waals surface area (Å²) < 4.78 is 2.76. The van der Waals surface area contributed by atoms with Gasteiger partial charge in [-0.1, -0.05) is 0 Å². The van der Waals surface area contributed by atoms with Crippen LogP contribution in [0.5, 0.6) is 0 Å². The lowest BCUT2D eigenvalue weighted by Crippen LogP contribution is -2.03. The molecule has 0 atom stereocenters. The highest BCUT2D eigenvalue weighted by Crippen LogP contribution is 2.13. The Balaban J connectivity index is 1.98. The second-order valence-corrected chi connectivity index (χ2v) is 5.24. The summed E-state index contributed by atoms with van der Waals surface area (Å²) in [4.78, 5) is 12.0. The first-order chi connectivity index (χ1) is 8.74. The van der Waals surface area contributed by atoms with E-state index in [0.29, 0.717) is 0 Å². The zero-order valence-electron chi connectivity index (χ0n) is 9.88. The van der Waals surface area contributed by atoms with Gasteiger partial charge in [-0.3, -0.25) is 0 Å². The van der Waals surface area contributed by atoms with Crippen molar-refractivity contribution in [3.05, 3.63) is 39.2 Å². The lowest BCUT2D eigenvalue weighted by Gasteiger charge is -2.02. The van der Waals surface area contributed by atoms with Gasteiger partial charge in [0.2, 0.25) is 0 Å². The van der Waals surface area contributed by atoms with Crippen LogP contribution in [0.1, 0.15) is 11.4 Å². The van der Waals surface area contributed by atoms with Crippen molar-refractivity contribution in [3.8, 4) is 0 Å². The topological polar surface area (TPSA) is 46.5 Å². The van der Waals surface area contributed by atoms with Crippen LogP contribution >= 0.6 is 23.6 Å². The fourth-order valence-electron chi connectivity index (χ4n) is 1.92. The largest absolute Gasteiger partial charge is 0.329 e. The van der Waals surface area contributed by atoms with E-state index in [1.54, 1.807) is 11.3 Å². The van der Waals surface area contributed by atoms with Gasteiger partial charge >= 0.3 is 0 Å². The number of aromatic nitrogens is 4. The number of aromatic amines is 1. The molecule has 0 bridgehead atoms. The molecule has 4 nitrogen and oxygen atoms in total. The van der Waals surface area contributed by atoms with Gasteiger partial charge in [0.15, 0.2) is 10.4 Å². The quantitative estimate of drug-likeness (QED) is 0.748. The van der Waals surface area contributed by atoms with Crippen molar-refractivity contribution in [3.63, 3.8) is 0 Å². The molecule has 0 aromatic carbocycles. The molecule has 3 aromatic heterocycles. The Bertz CT molecular complexity index is 724. The van der Waals surface area contributed by atoms with Crippen LogP contribution in [-0.4, -0.2) is 19.5 Å². The average Bonchev–Trinajstić information content (AvgIpc) is 2.94. The fourth-order valence-corrected chi connectivity index (χ4v) is 2.80. The molecule has 0 aliphatic carbocycles. The molecule has 0 radical (unpaired) electrons. The molecule has 18 heavy (non-hydrogen) atoms. The maximum atomic E-state index is 5.34. The van der Waals surface area contributed by atoms with Crippen molar-refractivity contribution in [1.82, 2.24) is 19.5 Å².